The molecule has 6 heteroatoms. The van der Waals surface area contributed by atoms with Crippen LogP contribution in [0.25, 0.3) is 0 Å². The molecule has 0 fully saturated rings. The van der Waals surface area contributed by atoms with Gasteiger partial charge in [0.15, 0.2) is 6.61 Å². The maximum Gasteiger partial charge on any atom is 0.277 e. The first-order valence-corrected chi connectivity index (χ1v) is 8.46. The van der Waals surface area contributed by atoms with Gasteiger partial charge in [0.05, 0.1) is 10.0 Å². The van der Waals surface area contributed by atoms with Gasteiger partial charge in [-0.05, 0) is 45.6 Å². The van der Waals surface area contributed by atoms with E-state index in [9.17, 15) is 4.79 Å². The van der Waals surface area contributed by atoms with E-state index in [0.717, 1.165) is 20.0 Å². The molecule has 1 amide bonds. The first-order chi connectivity index (χ1) is 10.6. The molecule has 1 heterocycles. The number of nitrogens with one attached hydrogen (secondary N) is 1. The van der Waals surface area contributed by atoms with Crippen molar-refractivity contribution in [1.82, 2.24) is 5.43 Å². The third-order valence-electron chi connectivity index (χ3n) is 2.87. The number of rotatable bonds is 6. The molecule has 2 aromatic rings. The van der Waals surface area contributed by atoms with Gasteiger partial charge in [0.1, 0.15) is 5.75 Å². The summed E-state index contributed by atoms with van der Waals surface area (Å²) in [6, 6.07) is 11.6. The number of nitrogens with zero attached hydrogens (tertiary/aromatic N) is 1. The average Bonchev–Trinajstić information content (AvgIpc) is 2.91. The number of hydrogen-bond acceptors (Lipinski definition) is 4. The Morgan fingerprint density at radius 1 is 1.36 bits per heavy atom. The normalized spacial score (nSPS) is 11.1. The predicted octanol–water partition coefficient (Wildman–Crippen LogP) is 4.16. The molecule has 0 atom stereocenters. The van der Waals surface area contributed by atoms with Crippen molar-refractivity contribution in [3.8, 4) is 5.75 Å². The van der Waals surface area contributed by atoms with Crippen LogP contribution in [-0.4, -0.2) is 18.7 Å². The highest BCUT2D eigenvalue weighted by molar-refractivity contribution is 9.11. The number of thiophene rings is 1. The van der Waals surface area contributed by atoms with E-state index in [0.29, 0.717) is 5.92 Å². The quantitative estimate of drug-likeness (QED) is 0.603. The summed E-state index contributed by atoms with van der Waals surface area (Å²) in [5.41, 5.74) is 3.54. The van der Waals surface area contributed by atoms with E-state index >= 15 is 0 Å². The number of amides is 1. The van der Waals surface area contributed by atoms with Gasteiger partial charge >= 0.3 is 0 Å². The van der Waals surface area contributed by atoms with Gasteiger partial charge in [0.2, 0.25) is 0 Å². The summed E-state index contributed by atoms with van der Waals surface area (Å²) in [4.78, 5) is 12.7. The first kappa shape index (κ1) is 16.7. The molecule has 4 nitrogen and oxygen atoms in total. The maximum absolute atomic E-state index is 11.7. The number of carbonyl (C=O) groups is 1. The molecule has 22 heavy (non-hydrogen) atoms. The third-order valence-corrected chi connectivity index (χ3v) is 4.43. The largest absolute Gasteiger partial charge is 0.483 e. The summed E-state index contributed by atoms with van der Waals surface area (Å²) in [7, 11) is 0. The lowest BCUT2D eigenvalue weighted by atomic mass is 10.0. The molecule has 0 radical (unpaired) electrons. The lowest BCUT2D eigenvalue weighted by Gasteiger charge is -2.12. The highest BCUT2D eigenvalue weighted by atomic mass is 79.9. The molecule has 116 valence electrons. The second-order valence-electron chi connectivity index (χ2n) is 4.92. The summed E-state index contributed by atoms with van der Waals surface area (Å²) in [6.45, 7) is 4.12. The summed E-state index contributed by atoms with van der Waals surface area (Å²) in [5.74, 6) is 0.791. The van der Waals surface area contributed by atoms with Crippen LogP contribution in [0.1, 0.15) is 30.2 Å². The number of hydrogen-bond donors (Lipinski definition) is 1. The minimum Gasteiger partial charge on any atom is -0.483 e. The minimum absolute atomic E-state index is 0.0603. The third kappa shape index (κ3) is 4.96. The number of benzene rings is 1. The molecule has 0 spiro atoms. The predicted molar refractivity (Wildman–Crippen MR) is 93.8 cm³/mol. The molecule has 0 saturated carbocycles. The van der Waals surface area contributed by atoms with Gasteiger partial charge in [-0.15, -0.1) is 11.3 Å². The van der Waals surface area contributed by atoms with Gasteiger partial charge in [-0.2, -0.15) is 5.10 Å². The van der Waals surface area contributed by atoms with E-state index in [4.69, 9.17) is 4.74 Å². The van der Waals surface area contributed by atoms with Gasteiger partial charge in [-0.25, -0.2) is 5.43 Å². The van der Waals surface area contributed by atoms with Crippen LogP contribution >= 0.6 is 27.3 Å². The number of carbonyl (C=O) groups excluding carboxylic acids is 1. The number of hydrazone groups is 1. The molecular formula is C16H17BrN2O2S. The number of para-hydroxylation sites is 1. The highest BCUT2D eigenvalue weighted by Gasteiger charge is 2.08. The molecular weight excluding hydrogens is 364 g/mol. The molecule has 0 aliphatic carbocycles. The van der Waals surface area contributed by atoms with Crippen LogP contribution in [0.4, 0.5) is 0 Å². The average molecular weight is 381 g/mol. The van der Waals surface area contributed by atoms with Crippen molar-refractivity contribution in [3.05, 3.63) is 50.6 Å². The van der Waals surface area contributed by atoms with E-state index < -0.39 is 0 Å². The zero-order valence-corrected chi connectivity index (χ0v) is 14.8. The fraction of sp³-hybridized carbons (Fsp3) is 0.250. The van der Waals surface area contributed by atoms with Gasteiger partial charge in [-0.3, -0.25) is 4.79 Å². The zero-order valence-electron chi connectivity index (χ0n) is 12.4. The van der Waals surface area contributed by atoms with E-state index in [1.807, 2.05) is 36.4 Å². The van der Waals surface area contributed by atoms with Crippen molar-refractivity contribution in [2.24, 2.45) is 5.10 Å². The van der Waals surface area contributed by atoms with Gasteiger partial charge in [0, 0.05) is 4.88 Å². The Labute approximate surface area is 142 Å². The Kier molecular flexibility index (Phi) is 6.15. The minimum atomic E-state index is -0.287. The van der Waals surface area contributed by atoms with Crippen LogP contribution in [0, 0.1) is 0 Å². The fourth-order valence-corrected chi connectivity index (χ4v) is 3.13. The summed E-state index contributed by atoms with van der Waals surface area (Å²) >= 11 is 4.91. The fourth-order valence-electron chi connectivity index (χ4n) is 1.83. The van der Waals surface area contributed by atoms with Crippen LogP contribution in [0.3, 0.4) is 0 Å². The highest BCUT2D eigenvalue weighted by Crippen LogP contribution is 2.25. The molecule has 0 saturated heterocycles. The maximum atomic E-state index is 11.7. The summed E-state index contributed by atoms with van der Waals surface area (Å²) < 4.78 is 6.60. The van der Waals surface area contributed by atoms with Crippen LogP contribution in [0.5, 0.6) is 5.75 Å². The van der Waals surface area contributed by atoms with Gasteiger partial charge < -0.3 is 4.74 Å². The lowest BCUT2D eigenvalue weighted by Crippen LogP contribution is -2.24. The molecule has 0 unspecified atom stereocenters. The zero-order chi connectivity index (χ0) is 15.9. The van der Waals surface area contributed by atoms with Gasteiger partial charge in [-0.1, -0.05) is 32.0 Å². The van der Waals surface area contributed by atoms with Crippen LogP contribution < -0.4 is 10.2 Å². The molecule has 2 rings (SSSR count). The standard InChI is InChI=1S/C16H17BrN2O2S/c1-11(2)13-5-3-4-6-14(13)21-10-16(20)19-18-9-12-7-8-15(17)22-12/h3-9,11H,10H2,1-2H3,(H,19,20)/b18-9+. The molecule has 0 bridgehead atoms. The van der Waals surface area contributed by atoms with Crippen molar-refractivity contribution in [3.63, 3.8) is 0 Å². The SMILES string of the molecule is CC(C)c1ccccc1OCC(=O)N/N=C/c1ccc(Br)s1. The van der Waals surface area contributed by atoms with Crippen molar-refractivity contribution in [2.75, 3.05) is 6.61 Å². The Hall–Kier alpha value is -1.66. The monoisotopic (exact) mass is 380 g/mol. The van der Waals surface area contributed by atoms with Crippen LogP contribution in [0.2, 0.25) is 0 Å². The molecule has 0 aliphatic heterocycles. The Morgan fingerprint density at radius 2 is 2.14 bits per heavy atom. The van der Waals surface area contributed by atoms with E-state index in [-0.39, 0.29) is 12.5 Å². The van der Waals surface area contributed by atoms with Crippen LogP contribution in [0.15, 0.2) is 45.3 Å². The van der Waals surface area contributed by atoms with Crippen molar-refractivity contribution < 1.29 is 9.53 Å². The second-order valence-corrected chi connectivity index (χ2v) is 7.41. The summed E-state index contributed by atoms with van der Waals surface area (Å²) in [5, 5.41) is 3.91. The van der Waals surface area contributed by atoms with E-state index in [1.165, 1.54) is 11.3 Å². The molecule has 1 N–H and O–H groups in total. The van der Waals surface area contributed by atoms with E-state index in [1.54, 1.807) is 6.21 Å². The molecule has 1 aromatic heterocycles. The van der Waals surface area contributed by atoms with Crippen molar-refractivity contribution in [2.45, 2.75) is 19.8 Å². The summed E-state index contributed by atoms with van der Waals surface area (Å²) in [6.07, 6.45) is 1.61. The number of halogens is 1. The Bertz CT molecular complexity index is 668. The topological polar surface area (TPSA) is 50.7 Å². The smallest absolute Gasteiger partial charge is 0.277 e. The van der Waals surface area contributed by atoms with Crippen molar-refractivity contribution in [1.29, 1.82) is 0 Å². The number of ether oxygens (including phenoxy) is 1. The molecule has 0 aliphatic rings. The van der Waals surface area contributed by atoms with Gasteiger partial charge in [0.25, 0.3) is 5.91 Å². The lowest BCUT2D eigenvalue weighted by molar-refractivity contribution is -0.123. The Morgan fingerprint density at radius 3 is 2.82 bits per heavy atom. The van der Waals surface area contributed by atoms with Crippen LogP contribution in [-0.2, 0) is 4.79 Å². The van der Waals surface area contributed by atoms with E-state index in [2.05, 4.69) is 40.3 Å². The first-order valence-electron chi connectivity index (χ1n) is 6.85. The molecule has 1 aromatic carbocycles. The van der Waals surface area contributed by atoms with Crippen molar-refractivity contribution >= 4 is 39.4 Å². The second kappa shape index (κ2) is 8.10. The Balaban J connectivity index is 1.84.